The van der Waals surface area contributed by atoms with Crippen molar-refractivity contribution in [3.63, 3.8) is 0 Å². The van der Waals surface area contributed by atoms with E-state index in [4.69, 9.17) is 16.3 Å². The van der Waals surface area contributed by atoms with E-state index < -0.39 is 0 Å². The molecule has 0 spiro atoms. The van der Waals surface area contributed by atoms with Crippen molar-refractivity contribution in [1.29, 1.82) is 0 Å². The second-order valence-corrected chi connectivity index (χ2v) is 6.78. The third-order valence-corrected chi connectivity index (χ3v) is 4.84. The fourth-order valence-electron chi connectivity index (χ4n) is 3.16. The van der Waals surface area contributed by atoms with Crippen LogP contribution in [0.4, 0.5) is 5.69 Å². The van der Waals surface area contributed by atoms with Gasteiger partial charge in [0, 0.05) is 55.3 Å². The van der Waals surface area contributed by atoms with Crippen LogP contribution in [0, 0.1) is 0 Å². The summed E-state index contributed by atoms with van der Waals surface area (Å²) in [7, 11) is 0. The lowest BCUT2D eigenvalue weighted by molar-refractivity contribution is -0.133. The van der Waals surface area contributed by atoms with Gasteiger partial charge < -0.3 is 14.5 Å². The van der Waals surface area contributed by atoms with Gasteiger partial charge in [0.2, 0.25) is 0 Å². The molecule has 1 fully saturated rings. The number of fused-ring (bicyclic) bond motifs is 1. The van der Waals surface area contributed by atoms with Gasteiger partial charge in [-0.3, -0.25) is 14.8 Å². The van der Waals surface area contributed by atoms with Crippen molar-refractivity contribution in [2.45, 2.75) is 0 Å². The molecule has 27 heavy (non-hydrogen) atoms. The van der Waals surface area contributed by atoms with Crippen molar-refractivity contribution in [3.8, 4) is 5.75 Å². The Morgan fingerprint density at radius 3 is 2.56 bits per heavy atom. The highest BCUT2D eigenvalue weighted by atomic mass is 35.5. The van der Waals surface area contributed by atoms with Gasteiger partial charge >= 0.3 is 0 Å². The summed E-state index contributed by atoms with van der Waals surface area (Å²) < 4.78 is 5.67. The van der Waals surface area contributed by atoms with Gasteiger partial charge in [0.1, 0.15) is 5.75 Å². The Kier molecular flexibility index (Phi) is 5.07. The van der Waals surface area contributed by atoms with E-state index in [2.05, 4.69) is 14.9 Å². The van der Waals surface area contributed by atoms with Gasteiger partial charge in [0.15, 0.2) is 6.61 Å². The van der Waals surface area contributed by atoms with E-state index in [1.165, 1.54) is 0 Å². The highest BCUT2D eigenvalue weighted by Crippen LogP contribution is 2.21. The average molecular weight is 383 g/mol. The second-order valence-electron chi connectivity index (χ2n) is 6.34. The van der Waals surface area contributed by atoms with E-state index in [1.807, 2.05) is 35.2 Å². The molecule has 2 heterocycles. The van der Waals surface area contributed by atoms with E-state index in [9.17, 15) is 4.79 Å². The van der Waals surface area contributed by atoms with Gasteiger partial charge in [-0.2, -0.15) is 0 Å². The molecule has 1 amide bonds. The SMILES string of the molecule is O=C(COc1ccc2nccnc2c1)N1CCN(c2cccc(Cl)c2)CC1. The minimum Gasteiger partial charge on any atom is -0.484 e. The van der Waals surface area contributed by atoms with Crippen LogP contribution in [0.2, 0.25) is 5.02 Å². The summed E-state index contributed by atoms with van der Waals surface area (Å²) in [6.45, 7) is 2.90. The highest BCUT2D eigenvalue weighted by Gasteiger charge is 2.21. The number of halogens is 1. The first-order chi connectivity index (χ1) is 13.2. The molecule has 0 N–H and O–H groups in total. The number of amides is 1. The van der Waals surface area contributed by atoms with Crippen molar-refractivity contribution in [3.05, 3.63) is 59.9 Å². The number of anilines is 1. The summed E-state index contributed by atoms with van der Waals surface area (Å²) in [5.74, 6) is 0.605. The number of carbonyl (C=O) groups is 1. The summed E-state index contributed by atoms with van der Waals surface area (Å²) >= 11 is 6.06. The minimum absolute atomic E-state index is 0.0139. The molecule has 2 aromatic carbocycles. The fourth-order valence-corrected chi connectivity index (χ4v) is 3.34. The molecule has 1 aromatic heterocycles. The van der Waals surface area contributed by atoms with E-state index in [0.29, 0.717) is 18.8 Å². The smallest absolute Gasteiger partial charge is 0.260 e. The number of ether oxygens (including phenoxy) is 1. The first-order valence-corrected chi connectivity index (χ1v) is 9.19. The molecule has 0 aliphatic carbocycles. The molecule has 1 aliphatic rings. The maximum atomic E-state index is 12.5. The molecular formula is C20H19ClN4O2. The van der Waals surface area contributed by atoms with Crippen LogP contribution in [0.25, 0.3) is 11.0 Å². The largest absolute Gasteiger partial charge is 0.484 e. The Morgan fingerprint density at radius 2 is 1.78 bits per heavy atom. The molecule has 4 rings (SSSR count). The lowest BCUT2D eigenvalue weighted by Crippen LogP contribution is -2.50. The molecule has 6 nitrogen and oxygen atoms in total. The maximum absolute atomic E-state index is 12.5. The Balaban J connectivity index is 1.31. The number of hydrogen-bond donors (Lipinski definition) is 0. The summed E-state index contributed by atoms with van der Waals surface area (Å²) in [6.07, 6.45) is 3.28. The molecule has 3 aromatic rings. The van der Waals surface area contributed by atoms with Crippen LogP contribution in [0.15, 0.2) is 54.9 Å². The van der Waals surface area contributed by atoms with Crippen molar-refractivity contribution in [1.82, 2.24) is 14.9 Å². The Bertz CT molecular complexity index is 957. The van der Waals surface area contributed by atoms with Gasteiger partial charge in [0.25, 0.3) is 5.91 Å². The molecule has 0 radical (unpaired) electrons. The lowest BCUT2D eigenvalue weighted by atomic mass is 10.2. The molecule has 0 unspecified atom stereocenters. The number of aromatic nitrogens is 2. The van der Waals surface area contributed by atoms with Crippen LogP contribution >= 0.6 is 11.6 Å². The first-order valence-electron chi connectivity index (χ1n) is 8.81. The van der Waals surface area contributed by atoms with Crippen LogP contribution < -0.4 is 9.64 Å². The number of piperazine rings is 1. The summed E-state index contributed by atoms with van der Waals surface area (Å²) in [4.78, 5) is 25.0. The lowest BCUT2D eigenvalue weighted by Gasteiger charge is -2.36. The second kappa shape index (κ2) is 7.80. The molecule has 1 saturated heterocycles. The van der Waals surface area contributed by atoms with Gasteiger partial charge in [-0.15, -0.1) is 0 Å². The van der Waals surface area contributed by atoms with Gasteiger partial charge in [0.05, 0.1) is 11.0 Å². The van der Waals surface area contributed by atoms with E-state index in [-0.39, 0.29) is 12.5 Å². The van der Waals surface area contributed by atoms with E-state index in [1.54, 1.807) is 24.5 Å². The third-order valence-electron chi connectivity index (χ3n) is 4.61. The molecule has 0 bridgehead atoms. The van der Waals surface area contributed by atoms with Crippen molar-refractivity contribution < 1.29 is 9.53 Å². The van der Waals surface area contributed by atoms with Crippen molar-refractivity contribution >= 4 is 34.2 Å². The first kappa shape index (κ1) is 17.5. The normalized spacial score (nSPS) is 14.4. The summed E-state index contributed by atoms with van der Waals surface area (Å²) in [6, 6.07) is 13.2. The predicted octanol–water partition coefficient (Wildman–Crippen LogP) is 3.01. The quantitative estimate of drug-likeness (QED) is 0.694. The van der Waals surface area contributed by atoms with Crippen LogP contribution in [0.5, 0.6) is 5.75 Å². The standard InChI is InChI=1S/C20H19ClN4O2/c21-15-2-1-3-16(12-15)24-8-10-25(11-9-24)20(26)14-27-17-4-5-18-19(13-17)23-7-6-22-18/h1-7,12-13H,8-11,14H2. The minimum atomic E-state index is -0.0139. The van der Waals surface area contributed by atoms with Gasteiger partial charge in [-0.05, 0) is 30.3 Å². The zero-order chi connectivity index (χ0) is 18.6. The Labute approximate surface area is 162 Å². The number of nitrogens with zero attached hydrogens (tertiary/aromatic N) is 4. The van der Waals surface area contributed by atoms with Crippen LogP contribution in [0.3, 0.4) is 0 Å². The number of carbonyl (C=O) groups excluding carboxylic acids is 1. The maximum Gasteiger partial charge on any atom is 0.260 e. The average Bonchev–Trinajstić information content (AvgIpc) is 2.72. The van der Waals surface area contributed by atoms with Crippen LogP contribution in [-0.4, -0.2) is 53.6 Å². The molecule has 1 aliphatic heterocycles. The fraction of sp³-hybridized carbons (Fsp3) is 0.250. The van der Waals surface area contributed by atoms with E-state index >= 15 is 0 Å². The Hall–Kier alpha value is -2.86. The molecule has 0 atom stereocenters. The monoisotopic (exact) mass is 382 g/mol. The van der Waals surface area contributed by atoms with Crippen molar-refractivity contribution in [2.75, 3.05) is 37.7 Å². The molecule has 7 heteroatoms. The van der Waals surface area contributed by atoms with Gasteiger partial charge in [-0.1, -0.05) is 17.7 Å². The number of hydrogen-bond acceptors (Lipinski definition) is 5. The zero-order valence-electron chi connectivity index (χ0n) is 14.7. The third kappa shape index (κ3) is 4.11. The molecule has 138 valence electrons. The number of benzene rings is 2. The predicted molar refractivity (Wildman–Crippen MR) is 105 cm³/mol. The highest BCUT2D eigenvalue weighted by molar-refractivity contribution is 6.30. The van der Waals surface area contributed by atoms with E-state index in [0.717, 1.165) is 34.8 Å². The summed E-state index contributed by atoms with van der Waals surface area (Å²) in [5.41, 5.74) is 2.63. The van der Waals surface area contributed by atoms with Gasteiger partial charge in [-0.25, -0.2) is 0 Å². The number of rotatable bonds is 4. The summed E-state index contributed by atoms with van der Waals surface area (Å²) in [5, 5.41) is 0.722. The molecular weight excluding hydrogens is 364 g/mol. The Morgan fingerprint density at radius 1 is 1.00 bits per heavy atom. The van der Waals surface area contributed by atoms with Crippen LogP contribution in [0.1, 0.15) is 0 Å². The zero-order valence-corrected chi connectivity index (χ0v) is 15.5. The van der Waals surface area contributed by atoms with Crippen molar-refractivity contribution in [2.24, 2.45) is 0 Å². The molecule has 0 saturated carbocycles. The topological polar surface area (TPSA) is 58.6 Å². The van der Waals surface area contributed by atoms with Crippen LogP contribution in [-0.2, 0) is 4.79 Å².